The van der Waals surface area contributed by atoms with E-state index < -0.39 is 0 Å². The number of carbonyl (C=O) groups excluding carboxylic acids is 3. The topological polar surface area (TPSA) is 66.9 Å². The van der Waals surface area contributed by atoms with E-state index in [1.165, 1.54) is 0 Å². The third kappa shape index (κ3) is 4.71. The lowest BCUT2D eigenvalue weighted by atomic mass is 10.0. The number of amides is 2. The summed E-state index contributed by atoms with van der Waals surface area (Å²) in [6.45, 7) is 4.03. The number of piperidine rings is 1. The van der Waals surface area contributed by atoms with Crippen LogP contribution in [0.2, 0.25) is 0 Å². The van der Waals surface area contributed by atoms with Gasteiger partial charge in [-0.05, 0) is 38.0 Å². The fourth-order valence-corrected chi connectivity index (χ4v) is 5.65. The Hall–Kier alpha value is -1.54. The lowest BCUT2D eigenvalue weighted by Gasteiger charge is -2.44. The summed E-state index contributed by atoms with van der Waals surface area (Å²) in [6, 6.07) is 7.48. The summed E-state index contributed by atoms with van der Waals surface area (Å²) in [5.74, 6) is 0.613. The monoisotopic (exact) mass is 468 g/mol. The highest BCUT2D eigenvalue weighted by molar-refractivity contribution is 9.10. The van der Waals surface area contributed by atoms with E-state index in [1.54, 1.807) is 6.92 Å². The number of hydrogen-bond acceptors (Lipinski definition) is 5. The Morgan fingerprint density at radius 3 is 2.61 bits per heavy atom. The van der Waals surface area contributed by atoms with Gasteiger partial charge in [-0.1, -0.05) is 22.0 Å². The third-order valence-corrected chi connectivity index (χ3v) is 7.29. The van der Waals surface area contributed by atoms with Crippen molar-refractivity contribution < 1.29 is 19.1 Å². The Morgan fingerprint density at radius 2 is 1.93 bits per heavy atom. The molecule has 3 rings (SSSR count). The van der Waals surface area contributed by atoms with Crippen molar-refractivity contribution in [3.8, 4) is 0 Å². The zero-order valence-corrected chi connectivity index (χ0v) is 18.4. The number of hydrogen-bond donors (Lipinski definition) is 0. The molecule has 0 N–H and O–H groups in total. The number of nitrogens with zero attached hydrogens (tertiary/aromatic N) is 2. The number of thioether (sulfide) groups is 1. The maximum absolute atomic E-state index is 13.1. The van der Waals surface area contributed by atoms with Crippen LogP contribution in [0.3, 0.4) is 0 Å². The summed E-state index contributed by atoms with van der Waals surface area (Å²) in [5, 5.41) is 0. The fraction of sp³-hybridized carbons (Fsp3) is 0.550. The molecule has 0 saturated carbocycles. The van der Waals surface area contributed by atoms with E-state index in [1.807, 2.05) is 45.8 Å². The predicted octanol–water partition coefficient (Wildman–Crippen LogP) is 3.30. The van der Waals surface area contributed by atoms with E-state index in [9.17, 15) is 14.4 Å². The first-order valence-corrected chi connectivity index (χ1v) is 11.4. The van der Waals surface area contributed by atoms with Gasteiger partial charge in [-0.3, -0.25) is 14.4 Å². The van der Waals surface area contributed by atoms with Gasteiger partial charge in [-0.25, -0.2) is 0 Å². The van der Waals surface area contributed by atoms with Crippen LogP contribution >= 0.6 is 27.7 Å². The molecule has 0 unspecified atom stereocenters. The van der Waals surface area contributed by atoms with Crippen molar-refractivity contribution in [2.45, 2.75) is 37.5 Å². The predicted molar refractivity (Wildman–Crippen MR) is 112 cm³/mol. The van der Waals surface area contributed by atoms with Crippen LogP contribution in [-0.4, -0.2) is 64.4 Å². The molecule has 2 fully saturated rings. The molecular weight excluding hydrogens is 444 g/mol. The van der Waals surface area contributed by atoms with Crippen LogP contribution in [0.25, 0.3) is 0 Å². The molecule has 8 heteroatoms. The molecule has 0 aliphatic carbocycles. The minimum Gasteiger partial charge on any atom is -0.466 e. The molecule has 2 heterocycles. The lowest BCUT2D eigenvalue weighted by molar-refractivity contribution is -0.146. The van der Waals surface area contributed by atoms with Crippen LogP contribution in [0.5, 0.6) is 0 Å². The molecule has 2 saturated heterocycles. The first-order chi connectivity index (χ1) is 13.4. The highest BCUT2D eigenvalue weighted by Gasteiger charge is 2.47. The van der Waals surface area contributed by atoms with Gasteiger partial charge in [0.1, 0.15) is 0 Å². The van der Waals surface area contributed by atoms with E-state index in [-0.39, 0.29) is 35.5 Å². The van der Waals surface area contributed by atoms with E-state index in [0.717, 1.165) is 29.6 Å². The highest BCUT2D eigenvalue weighted by atomic mass is 79.9. The van der Waals surface area contributed by atoms with E-state index in [2.05, 4.69) is 15.9 Å². The summed E-state index contributed by atoms with van der Waals surface area (Å²) >= 11 is 5.25. The van der Waals surface area contributed by atoms with Crippen molar-refractivity contribution in [3.63, 3.8) is 0 Å². The van der Waals surface area contributed by atoms with Crippen LogP contribution in [-0.2, 0) is 14.3 Å². The Balaban J connectivity index is 1.59. The normalized spacial score (nSPS) is 18.4. The second kappa shape index (κ2) is 9.31. The average Bonchev–Trinajstić information content (AvgIpc) is 3.09. The van der Waals surface area contributed by atoms with Gasteiger partial charge in [0.15, 0.2) is 0 Å². The number of rotatable bonds is 5. The molecule has 0 radical (unpaired) electrons. The number of benzene rings is 1. The molecule has 0 atom stereocenters. The molecule has 0 aromatic heterocycles. The molecule has 0 bridgehead atoms. The van der Waals surface area contributed by atoms with Crippen molar-refractivity contribution in [2.75, 3.05) is 32.0 Å². The Morgan fingerprint density at radius 1 is 1.18 bits per heavy atom. The molecule has 28 heavy (non-hydrogen) atoms. The number of esters is 1. The molecule has 152 valence electrons. The smallest absolute Gasteiger partial charge is 0.306 e. The van der Waals surface area contributed by atoms with Crippen molar-refractivity contribution >= 4 is 45.5 Å². The van der Waals surface area contributed by atoms with Gasteiger partial charge in [0.2, 0.25) is 5.91 Å². The molecule has 1 aromatic rings. The Bertz CT molecular complexity index is 749. The quantitative estimate of drug-likeness (QED) is 0.620. The molecule has 1 spiro atoms. The highest BCUT2D eigenvalue weighted by Crippen LogP contribution is 2.44. The van der Waals surface area contributed by atoms with Crippen LogP contribution in [0.4, 0.5) is 0 Å². The van der Waals surface area contributed by atoms with Crippen molar-refractivity contribution in [1.82, 2.24) is 9.80 Å². The summed E-state index contributed by atoms with van der Waals surface area (Å²) < 4.78 is 5.78. The standard InChI is InChI=1S/C20H25BrN2O4S/c1-2-27-18(25)7-6-17(24)22-10-8-20(9-11-22)23(12-13-28-20)19(26)15-4-3-5-16(21)14-15/h3-5,14H,2,6-13H2,1H3. The maximum atomic E-state index is 13.1. The first-order valence-electron chi connectivity index (χ1n) is 9.60. The second-order valence-electron chi connectivity index (χ2n) is 6.95. The zero-order valence-electron chi connectivity index (χ0n) is 16.0. The molecular formula is C20H25BrN2O4S. The van der Waals surface area contributed by atoms with Crippen LogP contribution in [0, 0.1) is 0 Å². The molecule has 2 amide bonds. The summed E-state index contributed by atoms with van der Waals surface area (Å²) in [7, 11) is 0. The third-order valence-electron chi connectivity index (χ3n) is 5.24. The van der Waals surface area contributed by atoms with Crippen LogP contribution in [0.15, 0.2) is 28.7 Å². The largest absolute Gasteiger partial charge is 0.466 e. The molecule has 1 aromatic carbocycles. The van der Waals surface area contributed by atoms with Gasteiger partial charge in [0.05, 0.1) is 17.9 Å². The molecule has 2 aliphatic heterocycles. The minimum absolute atomic E-state index is 0.0178. The SMILES string of the molecule is CCOC(=O)CCC(=O)N1CCC2(CC1)SCCN2C(=O)c1cccc(Br)c1. The molecule has 2 aliphatic rings. The Labute approximate surface area is 178 Å². The summed E-state index contributed by atoms with van der Waals surface area (Å²) in [6.07, 6.45) is 1.81. The second-order valence-corrected chi connectivity index (χ2v) is 9.32. The van der Waals surface area contributed by atoms with Gasteiger partial charge < -0.3 is 14.5 Å². The average molecular weight is 469 g/mol. The van der Waals surface area contributed by atoms with Crippen LogP contribution in [0.1, 0.15) is 43.0 Å². The maximum Gasteiger partial charge on any atom is 0.306 e. The van der Waals surface area contributed by atoms with Crippen molar-refractivity contribution in [3.05, 3.63) is 34.3 Å². The molecule has 6 nitrogen and oxygen atoms in total. The van der Waals surface area contributed by atoms with E-state index >= 15 is 0 Å². The van der Waals surface area contributed by atoms with Gasteiger partial charge >= 0.3 is 5.97 Å². The van der Waals surface area contributed by atoms with E-state index in [0.29, 0.717) is 25.3 Å². The van der Waals surface area contributed by atoms with Gasteiger partial charge in [0.25, 0.3) is 5.91 Å². The van der Waals surface area contributed by atoms with Gasteiger partial charge in [-0.2, -0.15) is 0 Å². The number of halogens is 1. The van der Waals surface area contributed by atoms with Gasteiger partial charge in [-0.15, -0.1) is 11.8 Å². The summed E-state index contributed by atoms with van der Waals surface area (Å²) in [5.41, 5.74) is 0.684. The van der Waals surface area contributed by atoms with Gasteiger partial charge in [0, 0.05) is 41.8 Å². The fourth-order valence-electron chi connectivity index (χ4n) is 3.79. The van der Waals surface area contributed by atoms with E-state index in [4.69, 9.17) is 4.74 Å². The number of likely N-dealkylation sites (tertiary alicyclic amines) is 1. The zero-order chi connectivity index (χ0) is 20.1. The Kier molecular flexibility index (Phi) is 7.04. The lowest BCUT2D eigenvalue weighted by Crippen LogP contribution is -2.53. The first kappa shape index (κ1) is 21.2. The number of ether oxygens (including phenoxy) is 1. The number of carbonyl (C=O) groups is 3. The van der Waals surface area contributed by atoms with Crippen molar-refractivity contribution in [2.24, 2.45) is 0 Å². The summed E-state index contributed by atoms with van der Waals surface area (Å²) in [4.78, 5) is 40.5. The van der Waals surface area contributed by atoms with Crippen molar-refractivity contribution in [1.29, 1.82) is 0 Å². The minimum atomic E-state index is -0.332. The van der Waals surface area contributed by atoms with Crippen LogP contribution < -0.4 is 0 Å².